The summed E-state index contributed by atoms with van der Waals surface area (Å²) in [4.78, 5) is 13.0. The Kier molecular flexibility index (Phi) is 6.74. The van der Waals surface area contributed by atoms with Crippen molar-refractivity contribution >= 4 is 21.6 Å². The molecule has 0 aliphatic heterocycles. The van der Waals surface area contributed by atoms with Crippen LogP contribution >= 0.6 is 0 Å². The monoisotopic (exact) mass is 425 g/mol. The number of para-hydroxylation sites is 1. The van der Waals surface area contributed by atoms with Crippen molar-refractivity contribution in [3.05, 3.63) is 84.4 Å². The normalized spacial score (nSPS) is 11.0. The Hall–Kier alpha value is -3.32. The van der Waals surface area contributed by atoms with Crippen molar-refractivity contribution in [3.8, 4) is 11.5 Å². The van der Waals surface area contributed by atoms with Gasteiger partial charge in [-0.2, -0.15) is 4.31 Å². The van der Waals surface area contributed by atoms with Crippen molar-refractivity contribution in [3.63, 3.8) is 0 Å². The third-order valence-corrected chi connectivity index (χ3v) is 6.04. The highest BCUT2D eigenvalue weighted by atomic mass is 32.2. The number of rotatable bonds is 8. The van der Waals surface area contributed by atoms with E-state index >= 15 is 0 Å². The Labute approximate surface area is 176 Å². The molecule has 0 spiro atoms. The summed E-state index contributed by atoms with van der Waals surface area (Å²) < 4.78 is 38.2. The average Bonchev–Trinajstić information content (AvgIpc) is 2.74. The molecule has 0 saturated heterocycles. The second-order valence-corrected chi connectivity index (χ2v) is 8.29. The van der Waals surface area contributed by atoms with Gasteiger partial charge in [0.2, 0.25) is 0 Å². The molecule has 1 amide bonds. The molecule has 0 aliphatic rings. The molecule has 0 saturated carbocycles. The van der Waals surface area contributed by atoms with Crippen LogP contribution in [0.2, 0.25) is 0 Å². The van der Waals surface area contributed by atoms with Gasteiger partial charge in [0.15, 0.2) is 6.61 Å². The first-order valence-corrected chi connectivity index (χ1v) is 10.9. The number of sulfonamides is 1. The topological polar surface area (TPSA) is 72.9 Å². The molecule has 0 heterocycles. The number of carbonyl (C=O) groups excluding carboxylic acids is 1. The number of benzene rings is 3. The first-order chi connectivity index (χ1) is 14.4. The molecular formula is C23H23NO5S. The standard InChI is InChI=1S/C23H23NO5S/c1-3-28-20-11-13-21(14-12-20)29-17-23(25)24(19-7-5-4-6-8-19)30(26,27)22-15-9-18(2)10-16-22/h4-16H,3,17H2,1-2H3. The molecule has 0 bridgehead atoms. The van der Waals surface area contributed by atoms with Gasteiger partial charge in [-0.05, 0) is 62.4 Å². The number of aryl methyl sites for hydroxylation is 1. The molecule has 0 aromatic heterocycles. The van der Waals surface area contributed by atoms with E-state index in [1.165, 1.54) is 12.1 Å². The summed E-state index contributed by atoms with van der Waals surface area (Å²) in [7, 11) is -4.10. The first kappa shape index (κ1) is 21.4. The van der Waals surface area contributed by atoms with E-state index in [-0.39, 0.29) is 10.6 Å². The van der Waals surface area contributed by atoms with Gasteiger partial charge in [-0.25, -0.2) is 8.42 Å². The van der Waals surface area contributed by atoms with Crippen molar-refractivity contribution in [2.45, 2.75) is 18.7 Å². The third-order valence-electron chi connectivity index (χ3n) is 4.27. The molecule has 6 nitrogen and oxygen atoms in total. The van der Waals surface area contributed by atoms with Crippen LogP contribution in [0.25, 0.3) is 0 Å². The minimum atomic E-state index is -4.10. The van der Waals surface area contributed by atoms with Crippen LogP contribution < -0.4 is 13.8 Å². The smallest absolute Gasteiger partial charge is 0.278 e. The number of hydrogen-bond acceptors (Lipinski definition) is 5. The van der Waals surface area contributed by atoms with Gasteiger partial charge in [0, 0.05) is 0 Å². The predicted molar refractivity (Wildman–Crippen MR) is 115 cm³/mol. The van der Waals surface area contributed by atoms with E-state index in [9.17, 15) is 13.2 Å². The number of amides is 1. The average molecular weight is 426 g/mol. The highest BCUT2D eigenvalue weighted by Crippen LogP contribution is 2.25. The number of hydrogen-bond donors (Lipinski definition) is 0. The Morgan fingerprint density at radius 2 is 1.40 bits per heavy atom. The van der Waals surface area contributed by atoms with Crippen LogP contribution in [0, 0.1) is 6.92 Å². The van der Waals surface area contributed by atoms with Crippen molar-refractivity contribution < 1.29 is 22.7 Å². The largest absolute Gasteiger partial charge is 0.494 e. The van der Waals surface area contributed by atoms with Crippen molar-refractivity contribution in [1.29, 1.82) is 0 Å². The highest BCUT2D eigenvalue weighted by molar-refractivity contribution is 7.93. The van der Waals surface area contributed by atoms with Crippen LogP contribution in [-0.2, 0) is 14.8 Å². The maximum Gasteiger partial charge on any atom is 0.278 e. The van der Waals surface area contributed by atoms with Gasteiger partial charge >= 0.3 is 0 Å². The van der Waals surface area contributed by atoms with Crippen LogP contribution in [-0.4, -0.2) is 27.5 Å². The van der Waals surface area contributed by atoms with E-state index in [1.54, 1.807) is 66.7 Å². The number of carbonyl (C=O) groups is 1. The van der Waals surface area contributed by atoms with Gasteiger partial charge in [0.25, 0.3) is 15.9 Å². The zero-order chi connectivity index (χ0) is 21.6. The van der Waals surface area contributed by atoms with E-state index in [0.717, 1.165) is 9.87 Å². The van der Waals surface area contributed by atoms with Crippen LogP contribution in [0.5, 0.6) is 11.5 Å². The van der Waals surface area contributed by atoms with E-state index in [1.807, 2.05) is 13.8 Å². The van der Waals surface area contributed by atoms with Crippen molar-refractivity contribution in [2.75, 3.05) is 17.5 Å². The molecule has 7 heteroatoms. The Balaban J connectivity index is 1.85. The van der Waals surface area contributed by atoms with E-state index in [0.29, 0.717) is 18.1 Å². The minimum Gasteiger partial charge on any atom is -0.494 e. The zero-order valence-corrected chi connectivity index (χ0v) is 17.6. The lowest BCUT2D eigenvalue weighted by molar-refractivity contribution is -0.119. The molecule has 30 heavy (non-hydrogen) atoms. The van der Waals surface area contributed by atoms with Gasteiger partial charge in [-0.15, -0.1) is 0 Å². The summed E-state index contributed by atoms with van der Waals surface area (Å²) in [6, 6.07) is 21.4. The maximum atomic E-state index is 13.2. The van der Waals surface area contributed by atoms with Gasteiger partial charge in [0.05, 0.1) is 17.2 Å². The molecule has 0 fully saturated rings. The maximum absolute atomic E-state index is 13.2. The minimum absolute atomic E-state index is 0.0337. The van der Waals surface area contributed by atoms with E-state index in [4.69, 9.17) is 9.47 Å². The molecule has 3 aromatic carbocycles. The van der Waals surface area contributed by atoms with Crippen LogP contribution in [0.3, 0.4) is 0 Å². The zero-order valence-electron chi connectivity index (χ0n) is 16.8. The summed E-state index contributed by atoms with van der Waals surface area (Å²) in [6.45, 7) is 3.85. The molecule has 3 aromatic rings. The van der Waals surface area contributed by atoms with Gasteiger partial charge < -0.3 is 9.47 Å². The molecule has 0 N–H and O–H groups in total. The third kappa shape index (κ3) is 4.99. The van der Waals surface area contributed by atoms with E-state index in [2.05, 4.69) is 0 Å². The Bertz CT molecular complexity index is 1080. The molecule has 0 radical (unpaired) electrons. The predicted octanol–water partition coefficient (Wildman–Crippen LogP) is 4.19. The molecule has 0 atom stereocenters. The molecule has 0 aliphatic carbocycles. The molecule has 3 rings (SSSR count). The summed E-state index contributed by atoms with van der Waals surface area (Å²) in [5.74, 6) is 0.423. The highest BCUT2D eigenvalue weighted by Gasteiger charge is 2.31. The van der Waals surface area contributed by atoms with Gasteiger partial charge in [-0.1, -0.05) is 35.9 Å². The SMILES string of the molecule is CCOc1ccc(OCC(=O)N(c2ccccc2)S(=O)(=O)c2ccc(C)cc2)cc1. The molecule has 0 unspecified atom stereocenters. The summed E-state index contributed by atoms with van der Waals surface area (Å²) in [5, 5.41) is 0. The fourth-order valence-corrected chi connectivity index (χ4v) is 4.21. The summed E-state index contributed by atoms with van der Waals surface area (Å²) in [6.07, 6.45) is 0. The van der Waals surface area contributed by atoms with Crippen molar-refractivity contribution in [1.82, 2.24) is 0 Å². The lowest BCUT2D eigenvalue weighted by atomic mass is 10.2. The van der Waals surface area contributed by atoms with Gasteiger partial charge in [-0.3, -0.25) is 4.79 Å². The second-order valence-electron chi connectivity index (χ2n) is 6.50. The van der Waals surface area contributed by atoms with E-state index < -0.39 is 22.5 Å². The summed E-state index contributed by atoms with van der Waals surface area (Å²) >= 11 is 0. The Morgan fingerprint density at radius 3 is 1.97 bits per heavy atom. The lowest BCUT2D eigenvalue weighted by Crippen LogP contribution is -2.40. The van der Waals surface area contributed by atoms with Crippen molar-refractivity contribution in [2.24, 2.45) is 0 Å². The second kappa shape index (κ2) is 9.45. The first-order valence-electron chi connectivity index (χ1n) is 9.47. The number of nitrogens with zero attached hydrogens (tertiary/aromatic N) is 1. The molecular weight excluding hydrogens is 402 g/mol. The summed E-state index contributed by atoms with van der Waals surface area (Å²) in [5.41, 5.74) is 1.17. The fourth-order valence-electron chi connectivity index (χ4n) is 2.80. The quantitative estimate of drug-likeness (QED) is 0.541. The van der Waals surface area contributed by atoms with Crippen LogP contribution in [0.1, 0.15) is 12.5 Å². The molecule has 156 valence electrons. The number of ether oxygens (including phenoxy) is 2. The van der Waals surface area contributed by atoms with Crippen LogP contribution in [0.15, 0.2) is 83.8 Å². The fraction of sp³-hybridized carbons (Fsp3) is 0.174. The lowest BCUT2D eigenvalue weighted by Gasteiger charge is -2.23. The Morgan fingerprint density at radius 1 is 0.833 bits per heavy atom. The van der Waals surface area contributed by atoms with Gasteiger partial charge in [0.1, 0.15) is 11.5 Å². The number of anilines is 1. The van der Waals surface area contributed by atoms with Crippen LogP contribution in [0.4, 0.5) is 5.69 Å².